The molecule has 1 saturated carbocycles. The van der Waals surface area contributed by atoms with Gasteiger partial charge in [-0.1, -0.05) is 0 Å². The maximum absolute atomic E-state index is 11.6. The van der Waals surface area contributed by atoms with E-state index in [4.69, 9.17) is 0 Å². The number of H-pyrrole nitrogens is 1. The average Bonchev–Trinajstić information content (AvgIpc) is 3.00. The number of nitrogens with zero attached hydrogens (tertiary/aromatic N) is 3. The molecular formula is C9H8N4O3. The van der Waals surface area contributed by atoms with E-state index in [0.717, 1.165) is 12.8 Å². The normalized spacial score (nSPS) is 15.5. The molecule has 1 aliphatic carbocycles. The zero-order valence-electron chi connectivity index (χ0n) is 8.21. The van der Waals surface area contributed by atoms with Crippen LogP contribution in [0.3, 0.4) is 0 Å². The molecule has 82 valence electrons. The summed E-state index contributed by atoms with van der Waals surface area (Å²) in [5.41, 5.74) is 0.561. The van der Waals surface area contributed by atoms with Crippen LogP contribution in [0, 0.1) is 10.1 Å². The van der Waals surface area contributed by atoms with Gasteiger partial charge in [0.1, 0.15) is 6.20 Å². The zero-order chi connectivity index (χ0) is 11.3. The summed E-state index contributed by atoms with van der Waals surface area (Å²) in [6.07, 6.45) is 3.10. The maximum Gasteiger partial charge on any atom is 0.327 e. The van der Waals surface area contributed by atoms with E-state index in [1.807, 2.05) is 0 Å². The molecule has 1 aliphatic rings. The van der Waals surface area contributed by atoms with Gasteiger partial charge in [0, 0.05) is 12.1 Å². The molecule has 2 heterocycles. The molecule has 0 bridgehead atoms. The summed E-state index contributed by atoms with van der Waals surface area (Å²) < 4.78 is 1.57. The minimum Gasteiger partial charge on any atom is -0.304 e. The molecule has 1 fully saturated rings. The predicted molar refractivity (Wildman–Crippen MR) is 55.3 cm³/mol. The molecular weight excluding hydrogens is 212 g/mol. The van der Waals surface area contributed by atoms with E-state index in [9.17, 15) is 14.9 Å². The van der Waals surface area contributed by atoms with Gasteiger partial charge in [0.25, 0.3) is 5.69 Å². The fraction of sp³-hybridized carbons (Fsp3) is 0.333. The van der Waals surface area contributed by atoms with Gasteiger partial charge in [-0.05, 0) is 12.8 Å². The number of imidazole rings is 1. The molecule has 2 aromatic heterocycles. The molecule has 0 amide bonds. The van der Waals surface area contributed by atoms with E-state index >= 15 is 0 Å². The average molecular weight is 220 g/mol. The van der Waals surface area contributed by atoms with Crippen LogP contribution in [0.2, 0.25) is 0 Å². The Morgan fingerprint density at radius 1 is 1.56 bits per heavy atom. The Bertz CT molecular complexity index is 638. The highest BCUT2D eigenvalue weighted by molar-refractivity contribution is 5.73. The Kier molecular flexibility index (Phi) is 1.65. The van der Waals surface area contributed by atoms with Gasteiger partial charge in [0.15, 0.2) is 5.65 Å². The molecule has 2 aromatic rings. The van der Waals surface area contributed by atoms with E-state index in [1.165, 1.54) is 12.3 Å². The lowest BCUT2D eigenvalue weighted by Gasteiger charge is -1.97. The number of rotatable bonds is 2. The standard InChI is InChI=1S/C9H8N4O3/c14-9-11-7-3-6(13(15)16)4-10-8(7)12(9)5-1-2-5/h3-5H,1-2H2,(H,11,14). The Labute approximate surface area is 88.9 Å². The fourth-order valence-corrected chi connectivity index (χ4v) is 1.77. The van der Waals surface area contributed by atoms with Crippen molar-refractivity contribution in [1.82, 2.24) is 14.5 Å². The van der Waals surface area contributed by atoms with Gasteiger partial charge in [-0.25, -0.2) is 9.78 Å². The van der Waals surface area contributed by atoms with E-state index in [0.29, 0.717) is 11.2 Å². The topological polar surface area (TPSA) is 93.8 Å². The molecule has 0 aromatic carbocycles. The number of pyridine rings is 1. The highest BCUT2D eigenvalue weighted by atomic mass is 16.6. The fourth-order valence-electron chi connectivity index (χ4n) is 1.77. The number of nitrogens with one attached hydrogen (secondary N) is 1. The molecule has 0 radical (unpaired) electrons. The van der Waals surface area contributed by atoms with Crippen LogP contribution in [-0.2, 0) is 0 Å². The minimum absolute atomic E-state index is 0.114. The molecule has 0 aliphatic heterocycles. The quantitative estimate of drug-likeness (QED) is 0.602. The Hall–Kier alpha value is -2.18. The molecule has 16 heavy (non-hydrogen) atoms. The lowest BCUT2D eigenvalue weighted by Crippen LogP contribution is -2.15. The summed E-state index contributed by atoms with van der Waals surface area (Å²) in [6.45, 7) is 0. The van der Waals surface area contributed by atoms with E-state index in [1.54, 1.807) is 4.57 Å². The SMILES string of the molecule is O=c1[nH]c2cc([N+](=O)[O-])cnc2n1C1CC1. The molecule has 0 unspecified atom stereocenters. The van der Waals surface area contributed by atoms with Gasteiger partial charge in [0.2, 0.25) is 0 Å². The van der Waals surface area contributed by atoms with Gasteiger partial charge < -0.3 is 4.98 Å². The van der Waals surface area contributed by atoms with Crippen LogP contribution in [0.15, 0.2) is 17.1 Å². The summed E-state index contributed by atoms with van der Waals surface area (Å²) in [6, 6.07) is 1.54. The third-order valence-corrected chi connectivity index (χ3v) is 2.66. The number of hydrogen-bond acceptors (Lipinski definition) is 4. The number of hydrogen-bond donors (Lipinski definition) is 1. The number of aromatic nitrogens is 3. The monoisotopic (exact) mass is 220 g/mol. The molecule has 0 atom stereocenters. The number of fused-ring (bicyclic) bond motifs is 1. The van der Waals surface area contributed by atoms with Crippen LogP contribution in [-0.4, -0.2) is 19.5 Å². The van der Waals surface area contributed by atoms with Crippen molar-refractivity contribution in [2.75, 3.05) is 0 Å². The van der Waals surface area contributed by atoms with Crippen molar-refractivity contribution in [3.05, 3.63) is 32.9 Å². The van der Waals surface area contributed by atoms with Crippen LogP contribution < -0.4 is 5.69 Å². The Morgan fingerprint density at radius 2 is 2.31 bits per heavy atom. The van der Waals surface area contributed by atoms with E-state index in [-0.39, 0.29) is 17.4 Å². The first-order valence-corrected chi connectivity index (χ1v) is 4.91. The first kappa shape index (κ1) is 9.08. The second-order valence-corrected chi connectivity index (χ2v) is 3.85. The van der Waals surface area contributed by atoms with Crippen molar-refractivity contribution in [2.24, 2.45) is 0 Å². The summed E-state index contributed by atoms with van der Waals surface area (Å²) in [5, 5.41) is 10.5. The van der Waals surface area contributed by atoms with Gasteiger partial charge in [-0.2, -0.15) is 0 Å². The van der Waals surface area contributed by atoms with E-state index < -0.39 is 4.92 Å². The number of nitro groups is 1. The smallest absolute Gasteiger partial charge is 0.304 e. The summed E-state index contributed by atoms with van der Waals surface area (Å²) >= 11 is 0. The molecule has 7 nitrogen and oxygen atoms in total. The first-order chi connectivity index (χ1) is 7.66. The molecule has 3 rings (SSSR count). The molecule has 1 N–H and O–H groups in total. The Morgan fingerprint density at radius 3 is 2.94 bits per heavy atom. The minimum atomic E-state index is -0.529. The zero-order valence-corrected chi connectivity index (χ0v) is 8.21. The van der Waals surface area contributed by atoms with Gasteiger partial charge in [0.05, 0.1) is 10.4 Å². The summed E-state index contributed by atoms with van der Waals surface area (Å²) in [7, 11) is 0. The van der Waals surface area contributed by atoms with Crippen molar-refractivity contribution in [2.45, 2.75) is 18.9 Å². The third kappa shape index (κ3) is 1.21. The van der Waals surface area contributed by atoms with Crippen molar-refractivity contribution in [3.8, 4) is 0 Å². The second kappa shape index (κ2) is 2.91. The third-order valence-electron chi connectivity index (χ3n) is 2.66. The second-order valence-electron chi connectivity index (χ2n) is 3.85. The van der Waals surface area contributed by atoms with E-state index in [2.05, 4.69) is 9.97 Å². The Balaban J connectivity index is 2.27. The van der Waals surface area contributed by atoms with Crippen molar-refractivity contribution < 1.29 is 4.92 Å². The van der Waals surface area contributed by atoms with Crippen LogP contribution in [0.4, 0.5) is 5.69 Å². The lowest BCUT2D eigenvalue weighted by atomic mass is 10.4. The summed E-state index contributed by atoms with van der Waals surface area (Å²) in [5.74, 6) is 0. The first-order valence-electron chi connectivity index (χ1n) is 4.91. The molecule has 0 spiro atoms. The molecule has 7 heteroatoms. The summed E-state index contributed by atoms with van der Waals surface area (Å²) in [4.78, 5) is 28.2. The highest BCUT2D eigenvalue weighted by Gasteiger charge is 2.28. The maximum atomic E-state index is 11.6. The number of aromatic amines is 1. The molecule has 0 saturated heterocycles. The van der Waals surface area contributed by atoms with Crippen LogP contribution in [0.25, 0.3) is 11.2 Å². The van der Waals surface area contributed by atoms with Crippen molar-refractivity contribution in [3.63, 3.8) is 0 Å². The lowest BCUT2D eigenvalue weighted by molar-refractivity contribution is -0.385. The van der Waals surface area contributed by atoms with Gasteiger partial charge in [-0.15, -0.1) is 0 Å². The predicted octanol–water partition coefficient (Wildman–Crippen LogP) is 0.968. The van der Waals surface area contributed by atoms with Gasteiger partial charge in [-0.3, -0.25) is 14.7 Å². The van der Waals surface area contributed by atoms with Crippen molar-refractivity contribution in [1.29, 1.82) is 0 Å². The highest BCUT2D eigenvalue weighted by Crippen LogP contribution is 2.35. The van der Waals surface area contributed by atoms with Crippen LogP contribution >= 0.6 is 0 Å². The van der Waals surface area contributed by atoms with Gasteiger partial charge >= 0.3 is 5.69 Å². The van der Waals surface area contributed by atoms with Crippen LogP contribution in [0.1, 0.15) is 18.9 Å². The largest absolute Gasteiger partial charge is 0.327 e. The van der Waals surface area contributed by atoms with Crippen molar-refractivity contribution >= 4 is 16.9 Å². The van der Waals surface area contributed by atoms with Crippen LogP contribution in [0.5, 0.6) is 0 Å².